The van der Waals surface area contributed by atoms with Gasteiger partial charge in [0, 0.05) is 18.2 Å². The van der Waals surface area contributed by atoms with Crippen LogP contribution >= 0.6 is 11.8 Å². The Morgan fingerprint density at radius 1 is 1.54 bits per heavy atom. The molecule has 1 amide bonds. The lowest BCUT2D eigenvalue weighted by Gasteiger charge is -2.40. The third-order valence-corrected chi connectivity index (χ3v) is 6.21. The van der Waals surface area contributed by atoms with E-state index in [1.54, 1.807) is 0 Å². The third-order valence-electron chi connectivity index (χ3n) is 5.33. The first-order chi connectivity index (χ1) is 13.3. The minimum absolute atomic E-state index is 0.0299. The lowest BCUT2D eigenvalue weighted by atomic mass is 9.92. The second-order valence-electron chi connectivity index (χ2n) is 7.81. The van der Waals surface area contributed by atoms with Crippen molar-refractivity contribution < 1.29 is 24.2 Å². The van der Waals surface area contributed by atoms with Gasteiger partial charge >= 0.3 is 5.97 Å². The van der Waals surface area contributed by atoms with Gasteiger partial charge in [0.05, 0.1) is 19.3 Å². The number of hydrogen-bond donors (Lipinski definition) is 2. The van der Waals surface area contributed by atoms with Crippen molar-refractivity contribution in [3.8, 4) is 0 Å². The van der Waals surface area contributed by atoms with E-state index in [1.165, 1.54) is 24.9 Å². The van der Waals surface area contributed by atoms with Crippen LogP contribution < -0.4 is 5.32 Å². The Kier molecular flexibility index (Phi) is 9.05. The van der Waals surface area contributed by atoms with Gasteiger partial charge in [0.25, 0.3) is 5.24 Å². The highest BCUT2D eigenvalue weighted by Crippen LogP contribution is 2.35. The van der Waals surface area contributed by atoms with Crippen molar-refractivity contribution in [2.45, 2.75) is 76.7 Å². The number of carbonyl (C=O) groups excluding carboxylic acids is 2. The molecule has 158 valence electrons. The van der Waals surface area contributed by atoms with Crippen molar-refractivity contribution in [3.63, 3.8) is 0 Å². The number of thioether (sulfide) groups is 1. The van der Waals surface area contributed by atoms with Crippen molar-refractivity contribution in [1.29, 1.82) is 0 Å². The van der Waals surface area contributed by atoms with Crippen molar-refractivity contribution in [1.82, 2.24) is 5.32 Å². The quantitative estimate of drug-likeness (QED) is 0.340. The van der Waals surface area contributed by atoms with E-state index in [0.717, 1.165) is 44.1 Å². The summed E-state index contributed by atoms with van der Waals surface area (Å²) in [5, 5.41) is 13.6. The summed E-state index contributed by atoms with van der Waals surface area (Å²) >= 11 is 1.21. The highest BCUT2D eigenvalue weighted by molar-refractivity contribution is 8.14. The second-order valence-corrected chi connectivity index (χ2v) is 8.80. The topological polar surface area (TPSA) is 84.9 Å². The molecule has 2 fully saturated rings. The number of ether oxygens (including phenoxy) is 2. The van der Waals surface area contributed by atoms with Crippen molar-refractivity contribution in [3.05, 3.63) is 23.8 Å². The molecule has 2 heterocycles. The minimum atomic E-state index is -1.23. The Bertz CT molecular complexity index is 606. The number of aliphatic hydroxyl groups is 1. The molecule has 0 unspecified atom stereocenters. The average Bonchev–Trinajstić information content (AvgIpc) is 3.11. The number of rotatable bonds is 9. The number of amides is 1. The van der Waals surface area contributed by atoms with Crippen LogP contribution in [-0.2, 0) is 14.3 Å². The van der Waals surface area contributed by atoms with Crippen molar-refractivity contribution in [2.75, 3.05) is 12.9 Å². The SMILES string of the molecule is COC(=O)/C=C(/C)CC/C=C\[C@H](C)CC[C@@H]1CCC[C@](O)([C@@H]2CSC(=O)N2)O1. The van der Waals surface area contributed by atoms with E-state index in [4.69, 9.17) is 4.74 Å². The maximum atomic E-state index is 11.4. The largest absolute Gasteiger partial charge is 0.466 e. The van der Waals surface area contributed by atoms with Crippen LogP contribution in [0, 0.1) is 5.92 Å². The summed E-state index contributed by atoms with van der Waals surface area (Å²) in [6.45, 7) is 4.11. The van der Waals surface area contributed by atoms with E-state index in [9.17, 15) is 14.7 Å². The van der Waals surface area contributed by atoms with Crippen molar-refractivity contribution in [2.24, 2.45) is 5.92 Å². The van der Waals surface area contributed by atoms with Gasteiger partial charge in [-0.1, -0.05) is 36.4 Å². The molecule has 0 aromatic carbocycles. The number of nitrogens with one attached hydrogen (secondary N) is 1. The lowest BCUT2D eigenvalue weighted by molar-refractivity contribution is -0.264. The van der Waals surface area contributed by atoms with Crippen LogP contribution in [0.25, 0.3) is 0 Å². The molecular formula is C21H33NO5S. The summed E-state index contributed by atoms with van der Waals surface area (Å²) in [7, 11) is 1.38. The van der Waals surface area contributed by atoms with Gasteiger partial charge in [-0.3, -0.25) is 4.79 Å². The van der Waals surface area contributed by atoms with Crippen LogP contribution in [0.15, 0.2) is 23.8 Å². The van der Waals surface area contributed by atoms with E-state index in [1.807, 2.05) is 6.92 Å². The third kappa shape index (κ3) is 7.26. The van der Waals surface area contributed by atoms with E-state index >= 15 is 0 Å². The van der Waals surface area contributed by atoms with Gasteiger partial charge in [0.2, 0.25) is 0 Å². The molecule has 0 aromatic rings. The lowest BCUT2D eigenvalue weighted by Crippen LogP contribution is -2.55. The summed E-state index contributed by atoms with van der Waals surface area (Å²) in [6.07, 6.45) is 12.0. The van der Waals surface area contributed by atoms with Crippen LogP contribution in [0.1, 0.15) is 58.8 Å². The van der Waals surface area contributed by atoms with Crippen LogP contribution in [0.3, 0.4) is 0 Å². The number of carbonyl (C=O) groups is 2. The predicted molar refractivity (Wildman–Crippen MR) is 111 cm³/mol. The summed E-state index contributed by atoms with van der Waals surface area (Å²) in [5.41, 5.74) is 1.01. The maximum absolute atomic E-state index is 11.4. The van der Waals surface area contributed by atoms with Gasteiger partial charge in [0.1, 0.15) is 0 Å². The molecule has 28 heavy (non-hydrogen) atoms. The monoisotopic (exact) mass is 411 g/mol. The van der Waals surface area contributed by atoms with Crippen LogP contribution in [-0.4, -0.2) is 47.1 Å². The second kappa shape index (κ2) is 11.0. The summed E-state index contributed by atoms with van der Waals surface area (Å²) in [4.78, 5) is 22.6. The first-order valence-corrected chi connectivity index (χ1v) is 11.1. The van der Waals surface area contributed by atoms with Gasteiger partial charge in [-0.25, -0.2) is 4.79 Å². The molecular weight excluding hydrogens is 378 g/mol. The molecule has 2 aliphatic heterocycles. The highest BCUT2D eigenvalue weighted by Gasteiger charge is 2.45. The van der Waals surface area contributed by atoms with E-state index in [0.29, 0.717) is 18.1 Å². The molecule has 2 saturated heterocycles. The molecule has 0 bridgehead atoms. The van der Waals surface area contributed by atoms with Crippen LogP contribution in [0.5, 0.6) is 0 Å². The maximum Gasteiger partial charge on any atom is 0.330 e. The number of methoxy groups -OCH3 is 1. The average molecular weight is 412 g/mol. The van der Waals surface area contributed by atoms with Gasteiger partial charge in [-0.05, 0) is 51.4 Å². The molecule has 2 aliphatic rings. The predicted octanol–water partition coefficient (Wildman–Crippen LogP) is 3.94. The summed E-state index contributed by atoms with van der Waals surface area (Å²) in [6, 6.07) is -0.314. The molecule has 0 spiro atoms. The zero-order valence-electron chi connectivity index (χ0n) is 17.1. The Morgan fingerprint density at radius 2 is 2.32 bits per heavy atom. The van der Waals surface area contributed by atoms with Crippen LogP contribution in [0.4, 0.5) is 4.79 Å². The molecule has 6 nitrogen and oxygen atoms in total. The first-order valence-electron chi connectivity index (χ1n) is 10.1. The normalized spacial score (nSPS) is 29.7. The summed E-state index contributed by atoms with van der Waals surface area (Å²) in [5.74, 6) is -0.557. The molecule has 7 heteroatoms. The van der Waals surface area contributed by atoms with E-state index in [-0.39, 0.29) is 23.4 Å². The van der Waals surface area contributed by atoms with Crippen LogP contribution in [0.2, 0.25) is 0 Å². The Balaban J connectivity index is 1.70. The smallest absolute Gasteiger partial charge is 0.330 e. The van der Waals surface area contributed by atoms with Gasteiger partial charge < -0.3 is 19.9 Å². The molecule has 0 aliphatic carbocycles. The number of hydrogen-bond acceptors (Lipinski definition) is 6. The van der Waals surface area contributed by atoms with Gasteiger partial charge in [-0.15, -0.1) is 0 Å². The molecule has 0 aromatic heterocycles. The summed E-state index contributed by atoms with van der Waals surface area (Å²) < 4.78 is 10.6. The molecule has 0 saturated carbocycles. The Labute approximate surface area is 172 Å². The number of allylic oxidation sites excluding steroid dienone is 3. The Morgan fingerprint density at radius 3 is 3.00 bits per heavy atom. The molecule has 4 atom stereocenters. The number of esters is 1. The fourth-order valence-corrected chi connectivity index (χ4v) is 4.48. The fourth-order valence-electron chi connectivity index (χ4n) is 3.59. The highest BCUT2D eigenvalue weighted by atomic mass is 32.2. The minimum Gasteiger partial charge on any atom is -0.466 e. The molecule has 2 rings (SSSR count). The first kappa shape index (κ1) is 23.0. The van der Waals surface area contributed by atoms with Gasteiger partial charge in [-0.2, -0.15) is 0 Å². The fraction of sp³-hybridized carbons (Fsp3) is 0.714. The Hall–Kier alpha value is -1.31. The molecule has 2 N–H and O–H groups in total. The molecule has 0 radical (unpaired) electrons. The zero-order chi connectivity index (χ0) is 20.6. The van der Waals surface area contributed by atoms with Crippen molar-refractivity contribution >= 4 is 23.0 Å². The zero-order valence-corrected chi connectivity index (χ0v) is 17.9. The standard InChI is InChI=1S/C21H33NO5S/c1-15(7-4-5-8-16(2)13-19(23)26-3)10-11-17-9-6-12-21(25,27-17)18-14-28-20(24)22-18/h4,7,13,15,17-18,25H,5-6,8-12,14H2,1-3H3,(H,22,24)/b7-4-,16-13-/t15-,17-,18-,21+/m0/s1. The van der Waals surface area contributed by atoms with E-state index < -0.39 is 5.79 Å². The van der Waals surface area contributed by atoms with E-state index in [2.05, 4.69) is 29.1 Å². The van der Waals surface area contributed by atoms with Gasteiger partial charge in [0.15, 0.2) is 5.79 Å².